The summed E-state index contributed by atoms with van der Waals surface area (Å²) in [5.41, 5.74) is 0.969. The molecule has 1 aliphatic rings. The molecule has 0 radical (unpaired) electrons. The second-order valence-corrected chi connectivity index (χ2v) is 5.75. The van der Waals surface area contributed by atoms with Crippen molar-refractivity contribution in [2.75, 3.05) is 12.4 Å². The number of carboxylic acid groups (broad SMARTS) is 1. The SMILES string of the molecule is COc1cc(NC2CCCC(C(=O)O)C2)ccc1Br. The lowest BCUT2D eigenvalue weighted by Crippen LogP contribution is -2.30. The Hall–Kier alpha value is -1.23. The smallest absolute Gasteiger partial charge is 0.306 e. The number of ether oxygens (including phenoxy) is 1. The number of hydrogen-bond donors (Lipinski definition) is 2. The topological polar surface area (TPSA) is 58.6 Å². The molecule has 0 aliphatic heterocycles. The van der Waals surface area contributed by atoms with E-state index in [0.29, 0.717) is 6.42 Å². The van der Waals surface area contributed by atoms with Crippen LogP contribution in [0.5, 0.6) is 5.75 Å². The molecular formula is C14H18BrNO3. The first-order valence-electron chi connectivity index (χ1n) is 6.43. The Morgan fingerprint density at radius 1 is 1.47 bits per heavy atom. The fraction of sp³-hybridized carbons (Fsp3) is 0.500. The van der Waals surface area contributed by atoms with Crippen LogP contribution < -0.4 is 10.1 Å². The molecule has 1 aromatic carbocycles. The Balaban J connectivity index is 2.02. The average molecular weight is 328 g/mol. The van der Waals surface area contributed by atoms with Gasteiger partial charge in [0, 0.05) is 17.8 Å². The number of halogens is 1. The Morgan fingerprint density at radius 2 is 2.26 bits per heavy atom. The zero-order valence-corrected chi connectivity index (χ0v) is 12.4. The van der Waals surface area contributed by atoms with Crippen molar-refractivity contribution < 1.29 is 14.6 Å². The van der Waals surface area contributed by atoms with Gasteiger partial charge in [-0.05, 0) is 47.3 Å². The van der Waals surface area contributed by atoms with E-state index < -0.39 is 5.97 Å². The molecule has 2 rings (SSSR count). The highest BCUT2D eigenvalue weighted by atomic mass is 79.9. The molecular weight excluding hydrogens is 310 g/mol. The van der Waals surface area contributed by atoms with E-state index in [1.165, 1.54) is 0 Å². The molecule has 0 saturated heterocycles. The molecule has 1 saturated carbocycles. The Labute approximate surface area is 121 Å². The number of rotatable bonds is 4. The van der Waals surface area contributed by atoms with E-state index in [0.717, 1.165) is 35.2 Å². The van der Waals surface area contributed by atoms with Gasteiger partial charge < -0.3 is 15.2 Å². The third-order valence-electron chi connectivity index (χ3n) is 3.55. The minimum atomic E-state index is -0.681. The third-order valence-corrected chi connectivity index (χ3v) is 4.20. The molecule has 5 heteroatoms. The summed E-state index contributed by atoms with van der Waals surface area (Å²) in [5.74, 6) is -0.126. The highest BCUT2D eigenvalue weighted by molar-refractivity contribution is 9.10. The van der Waals surface area contributed by atoms with E-state index in [9.17, 15) is 4.79 Å². The van der Waals surface area contributed by atoms with Gasteiger partial charge in [-0.25, -0.2) is 0 Å². The van der Waals surface area contributed by atoms with Crippen molar-refractivity contribution in [3.63, 3.8) is 0 Å². The van der Waals surface area contributed by atoms with Gasteiger partial charge >= 0.3 is 5.97 Å². The molecule has 1 aromatic rings. The summed E-state index contributed by atoms with van der Waals surface area (Å²) in [5, 5.41) is 12.5. The number of anilines is 1. The maximum absolute atomic E-state index is 11.0. The molecule has 0 amide bonds. The fourth-order valence-corrected chi connectivity index (χ4v) is 2.94. The minimum absolute atomic E-state index is 0.219. The quantitative estimate of drug-likeness (QED) is 0.888. The van der Waals surface area contributed by atoms with E-state index >= 15 is 0 Å². The lowest BCUT2D eigenvalue weighted by Gasteiger charge is -2.28. The lowest BCUT2D eigenvalue weighted by molar-refractivity contribution is -0.142. The predicted octanol–water partition coefficient (Wildman–Crippen LogP) is 3.51. The standard InChI is InChI=1S/C14H18BrNO3/c1-19-13-8-11(5-6-12(13)15)16-10-4-2-3-9(7-10)14(17)18/h5-6,8-10,16H,2-4,7H2,1H3,(H,17,18). The van der Waals surface area contributed by atoms with Crippen molar-refractivity contribution in [3.8, 4) is 5.75 Å². The first kappa shape index (κ1) is 14.2. The fourth-order valence-electron chi connectivity index (χ4n) is 2.53. The van der Waals surface area contributed by atoms with Gasteiger partial charge in [0.2, 0.25) is 0 Å². The largest absolute Gasteiger partial charge is 0.495 e. The van der Waals surface area contributed by atoms with Crippen LogP contribution in [0.2, 0.25) is 0 Å². The van der Waals surface area contributed by atoms with E-state index in [1.807, 2.05) is 18.2 Å². The molecule has 0 heterocycles. The highest BCUT2D eigenvalue weighted by Gasteiger charge is 2.26. The number of carbonyl (C=O) groups is 1. The van der Waals surface area contributed by atoms with Crippen LogP contribution in [0.4, 0.5) is 5.69 Å². The van der Waals surface area contributed by atoms with Crippen molar-refractivity contribution >= 4 is 27.6 Å². The van der Waals surface area contributed by atoms with Gasteiger partial charge in [0.25, 0.3) is 0 Å². The Morgan fingerprint density at radius 3 is 2.95 bits per heavy atom. The Kier molecular flexibility index (Phi) is 4.69. The number of methoxy groups -OCH3 is 1. The van der Waals surface area contributed by atoms with Crippen LogP contribution in [0.15, 0.2) is 22.7 Å². The second-order valence-electron chi connectivity index (χ2n) is 4.89. The van der Waals surface area contributed by atoms with Crippen molar-refractivity contribution in [1.29, 1.82) is 0 Å². The molecule has 2 unspecified atom stereocenters. The maximum atomic E-state index is 11.0. The molecule has 0 aromatic heterocycles. The number of benzene rings is 1. The van der Waals surface area contributed by atoms with Gasteiger partial charge in [0.05, 0.1) is 17.5 Å². The first-order valence-corrected chi connectivity index (χ1v) is 7.22. The number of nitrogens with one attached hydrogen (secondary N) is 1. The molecule has 0 bridgehead atoms. The summed E-state index contributed by atoms with van der Waals surface area (Å²) >= 11 is 3.41. The van der Waals surface area contributed by atoms with Crippen LogP contribution in [-0.4, -0.2) is 24.2 Å². The first-order chi connectivity index (χ1) is 9.10. The number of hydrogen-bond acceptors (Lipinski definition) is 3. The van der Waals surface area contributed by atoms with Crippen LogP contribution in [0.1, 0.15) is 25.7 Å². The zero-order valence-electron chi connectivity index (χ0n) is 10.9. The number of aliphatic carboxylic acids is 1. The van der Waals surface area contributed by atoms with Crippen molar-refractivity contribution in [2.24, 2.45) is 5.92 Å². The molecule has 2 N–H and O–H groups in total. The van der Waals surface area contributed by atoms with Gasteiger partial charge in [-0.2, -0.15) is 0 Å². The molecule has 104 valence electrons. The van der Waals surface area contributed by atoms with Crippen molar-refractivity contribution in [1.82, 2.24) is 0 Å². The summed E-state index contributed by atoms with van der Waals surface area (Å²) in [6.45, 7) is 0. The van der Waals surface area contributed by atoms with Crippen LogP contribution in [0.25, 0.3) is 0 Å². The van der Waals surface area contributed by atoms with Gasteiger partial charge in [0.15, 0.2) is 0 Å². The summed E-state index contributed by atoms with van der Waals surface area (Å²) in [6, 6.07) is 6.05. The summed E-state index contributed by atoms with van der Waals surface area (Å²) in [4.78, 5) is 11.0. The van der Waals surface area contributed by atoms with Gasteiger partial charge in [-0.1, -0.05) is 6.42 Å². The van der Waals surface area contributed by atoms with Crippen LogP contribution in [-0.2, 0) is 4.79 Å². The van der Waals surface area contributed by atoms with E-state index in [4.69, 9.17) is 9.84 Å². The van der Waals surface area contributed by atoms with Crippen molar-refractivity contribution in [2.45, 2.75) is 31.7 Å². The second kappa shape index (κ2) is 6.28. The molecule has 4 nitrogen and oxygen atoms in total. The predicted molar refractivity (Wildman–Crippen MR) is 77.7 cm³/mol. The number of carboxylic acids is 1. The third kappa shape index (κ3) is 3.62. The van der Waals surface area contributed by atoms with Crippen LogP contribution in [0.3, 0.4) is 0 Å². The van der Waals surface area contributed by atoms with E-state index in [1.54, 1.807) is 7.11 Å². The minimum Gasteiger partial charge on any atom is -0.495 e. The molecule has 2 atom stereocenters. The monoisotopic (exact) mass is 327 g/mol. The van der Waals surface area contributed by atoms with Gasteiger partial charge in [0.1, 0.15) is 5.75 Å². The molecule has 1 aliphatic carbocycles. The van der Waals surface area contributed by atoms with Gasteiger partial charge in [-0.15, -0.1) is 0 Å². The van der Waals surface area contributed by atoms with Gasteiger partial charge in [-0.3, -0.25) is 4.79 Å². The van der Waals surface area contributed by atoms with E-state index in [2.05, 4.69) is 21.2 Å². The molecule has 19 heavy (non-hydrogen) atoms. The summed E-state index contributed by atoms with van der Waals surface area (Å²) < 4.78 is 6.16. The van der Waals surface area contributed by atoms with Crippen LogP contribution in [0, 0.1) is 5.92 Å². The summed E-state index contributed by atoms with van der Waals surface area (Å²) in [6.07, 6.45) is 3.45. The summed E-state index contributed by atoms with van der Waals surface area (Å²) in [7, 11) is 1.63. The zero-order chi connectivity index (χ0) is 13.8. The average Bonchev–Trinajstić information content (AvgIpc) is 2.41. The van der Waals surface area contributed by atoms with Crippen LogP contribution >= 0.6 is 15.9 Å². The highest BCUT2D eigenvalue weighted by Crippen LogP contribution is 2.31. The molecule has 0 spiro atoms. The lowest BCUT2D eigenvalue weighted by atomic mass is 9.85. The van der Waals surface area contributed by atoms with Crippen molar-refractivity contribution in [3.05, 3.63) is 22.7 Å². The molecule has 1 fully saturated rings. The Bertz CT molecular complexity index is 464. The normalized spacial score (nSPS) is 22.8. The maximum Gasteiger partial charge on any atom is 0.306 e. The van der Waals surface area contributed by atoms with E-state index in [-0.39, 0.29) is 12.0 Å².